The zero-order chi connectivity index (χ0) is 102. The zero-order valence-corrected chi connectivity index (χ0v) is 78.6. The van der Waals surface area contributed by atoms with Crippen LogP contribution in [0.5, 0.6) is 0 Å². The van der Waals surface area contributed by atoms with Crippen LogP contribution >= 0.6 is 0 Å². The van der Waals surface area contributed by atoms with Gasteiger partial charge >= 0.3 is 11.9 Å². The molecule has 0 radical (unpaired) electrons. The first kappa shape index (κ1) is 112. The van der Waals surface area contributed by atoms with Gasteiger partial charge in [-0.2, -0.15) is 0 Å². The first-order valence-electron chi connectivity index (χ1n) is 46.5. The highest BCUT2D eigenvalue weighted by Gasteiger charge is 2.43. The van der Waals surface area contributed by atoms with Gasteiger partial charge in [-0.25, -0.2) is 9.78 Å². The number of amides is 15. The highest BCUT2D eigenvalue weighted by Crippen LogP contribution is 2.25. The van der Waals surface area contributed by atoms with Crippen LogP contribution < -0.4 is 103 Å². The number of hydrogen-bond acceptors (Lipinski definition) is 24. The number of aromatic amines is 2. The van der Waals surface area contributed by atoms with Crippen molar-refractivity contribution in [1.82, 2.24) is 94.3 Å². The van der Waals surface area contributed by atoms with E-state index in [2.05, 4.69) is 89.4 Å². The second-order valence-electron chi connectivity index (χ2n) is 35.0. The summed E-state index contributed by atoms with van der Waals surface area (Å²) in [5.41, 5.74) is 32.5. The predicted octanol–water partition coefficient (Wildman–Crippen LogP) is -3.55. The second kappa shape index (κ2) is 57.0. The van der Waals surface area contributed by atoms with Gasteiger partial charge in [0, 0.05) is 67.8 Å². The number of aliphatic hydroxyl groups is 2. The molecule has 0 aliphatic carbocycles. The molecule has 0 unspecified atom stereocenters. The molecule has 45 nitrogen and oxygen atoms in total. The maximum absolute atomic E-state index is 15.1. The number of nitrogens with one attached hydrogen (secondary N) is 17. The van der Waals surface area contributed by atoms with Gasteiger partial charge in [0.25, 0.3) is 0 Å². The summed E-state index contributed by atoms with van der Waals surface area (Å²) in [5, 5.41) is 86.5. The Balaban J connectivity index is 1.07. The monoisotopic (exact) mass is 1940 g/mol. The third-order valence-corrected chi connectivity index (χ3v) is 23.5. The summed E-state index contributed by atoms with van der Waals surface area (Å²) in [6, 6.07) is 8.62. The molecule has 17 atom stereocenters. The summed E-state index contributed by atoms with van der Waals surface area (Å²) in [5.74, 6) is -19.8. The van der Waals surface area contributed by atoms with Gasteiger partial charge in [-0.3, -0.25) is 82.1 Å². The first-order chi connectivity index (χ1) is 66.3. The lowest BCUT2D eigenvalue weighted by Crippen LogP contribution is -2.63. The van der Waals surface area contributed by atoms with Crippen molar-refractivity contribution >= 4 is 117 Å². The Labute approximate surface area is 803 Å². The van der Waals surface area contributed by atoms with Crippen molar-refractivity contribution in [2.75, 3.05) is 32.8 Å². The number of aliphatic hydroxyl groups excluding tert-OH is 2. The number of nitrogens with zero attached hydrogens (tertiary/aromatic N) is 2. The van der Waals surface area contributed by atoms with E-state index in [-0.39, 0.29) is 128 Å². The van der Waals surface area contributed by atoms with Gasteiger partial charge in [-0.15, -0.1) is 0 Å². The number of fused-ring (bicyclic) bond motifs is 1. The minimum atomic E-state index is -2.01. The van der Waals surface area contributed by atoms with Gasteiger partial charge in [-0.1, -0.05) is 143 Å². The smallest absolute Gasteiger partial charge is 0.326 e. The number of unbranched alkanes of at least 4 members (excludes halogenated alkanes) is 2. The molecule has 1 aliphatic rings. The molecule has 2 aromatic heterocycles. The Hall–Kier alpha value is -14.3. The lowest BCUT2D eigenvalue weighted by molar-refractivity contribution is -0.145. The lowest BCUT2D eigenvalue weighted by Gasteiger charge is -2.31. The second-order valence-corrected chi connectivity index (χ2v) is 35.0. The number of aliphatic carboxylic acids is 2. The van der Waals surface area contributed by atoms with E-state index in [0.29, 0.717) is 40.4 Å². The van der Waals surface area contributed by atoms with Crippen molar-refractivity contribution in [1.29, 1.82) is 5.41 Å². The average Bonchev–Trinajstić information content (AvgIpc) is 1.66. The van der Waals surface area contributed by atoms with E-state index in [4.69, 9.17) is 34.1 Å². The van der Waals surface area contributed by atoms with Gasteiger partial charge in [0.1, 0.15) is 84.6 Å². The van der Waals surface area contributed by atoms with Crippen molar-refractivity contribution < 1.29 is 102 Å². The molecule has 7 rings (SSSR count). The number of carbonyl (C=O) groups excluding carboxylic acids is 15. The Kier molecular flexibility index (Phi) is 45.8. The number of carboxylic acids is 2. The van der Waals surface area contributed by atoms with Gasteiger partial charge in [-0.05, 0) is 137 Å². The minimum Gasteiger partial charge on any atom is -0.481 e. The number of hydrogen-bond donors (Lipinski definition) is 26. The number of benzene rings is 4. The molecule has 6 aromatic rings. The summed E-state index contributed by atoms with van der Waals surface area (Å²) in [6.45, 7) is 6.88. The van der Waals surface area contributed by atoms with Crippen LogP contribution in [-0.4, -0.2) is 276 Å². The number of aromatic nitrogens is 3. The summed E-state index contributed by atoms with van der Waals surface area (Å²) < 4.78 is 0. The van der Waals surface area contributed by atoms with Gasteiger partial charge in [0.2, 0.25) is 88.6 Å². The summed E-state index contributed by atoms with van der Waals surface area (Å²) in [6.07, 6.45) is 0.543. The number of primary amides is 1. The molecule has 756 valence electrons. The standard InChI is InChI=1S/C94H134N24O21/c1-6-53(4)77(116-82(127)65(34-22-38-102-94(99)100)107-85(130)68(45-59-49-101-51-104-59)109-87(132)70(47-76(122)123)111-81(126)64(33-19-21-37-96)105-83(128)66(40-52(2)3)108-79(124)61(97)41-55-24-10-7-11-25-55)90(135)115-73(50-119)88(133)117-78(54(5)120)91(136)112-67(42-56-26-12-8-13-27-56)84(129)106-63(32-18-20-36-95)80(125)110-69(46-75(98)121)86(131)113-71(44-58-48-103-62-31-17-16-30-60(58)62)92(137)118-39-23-35-74(118)89(134)114-72(93(138)139)43-57-28-14-9-15-29-57/h7-17,24-31,48-49,51-54,61,63-74,77-78,103,119-120H,6,18-23,32-47,50,95-97H2,1-5H3,(H2,98,121)(H,101,104)(H,105,128)(H,106,129)(H,107,130)(H,108,124)(H,109,132)(H,110,125)(H,111,126)(H,112,136)(H,113,131)(H,114,134)(H,115,135)(H,116,127)(H,117,133)(H,122,123)(H,138,139)(H4,99,100,102)/t53-,54+,61-,63-,64-,65-,66-,67-,68-,69-,70-,71-,72-,73-,74-,77-,78-/m0/s1. The third kappa shape index (κ3) is 36.6. The highest BCUT2D eigenvalue weighted by atomic mass is 16.4. The van der Waals surface area contributed by atoms with Crippen LogP contribution in [0.3, 0.4) is 0 Å². The van der Waals surface area contributed by atoms with Crippen molar-refractivity contribution in [3.05, 3.63) is 162 Å². The van der Waals surface area contributed by atoms with Crippen molar-refractivity contribution in [2.24, 2.45) is 40.5 Å². The van der Waals surface area contributed by atoms with Crippen LogP contribution in [0.4, 0.5) is 0 Å². The lowest BCUT2D eigenvalue weighted by atomic mass is 9.97. The normalized spacial score (nSPS) is 15.8. The molecule has 0 spiro atoms. The number of guanidine groups is 1. The topological polar surface area (TPSA) is 741 Å². The SMILES string of the molecule is CC[C@H](C)[C@H](NC(=O)[C@H](CCCNC(=N)N)NC(=O)[C@H](Cc1cnc[nH]1)NC(=O)[C@H](CC(=O)O)NC(=O)[C@H](CCCCN)NC(=O)[C@H](CC(C)C)NC(=O)[C@@H](N)Cc1ccccc1)C(=O)N[C@@H](CO)C(=O)N[C@H](C(=O)N[C@@H](Cc1ccccc1)C(=O)N[C@@H](CCCCN)C(=O)N[C@@H](CC(N)=O)C(=O)N[C@@H](Cc1c[nH]c2ccccc12)C(=O)N1CCC[C@H]1C(=O)N[C@@H](Cc1ccccc1)C(=O)O)[C@@H](C)O. The molecular weight excluding hydrogens is 1800 g/mol. The van der Waals surface area contributed by atoms with Crippen LogP contribution in [0.15, 0.2) is 134 Å². The number of likely N-dealkylation sites (tertiary alicyclic amines) is 1. The fraction of sp³-hybridized carbons (Fsp3) is 0.500. The Morgan fingerprint density at radius 2 is 0.928 bits per heavy atom. The van der Waals surface area contributed by atoms with Crippen LogP contribution in [-0.2, 0) is 114 Å². The largest absolute Gasteiger partial charge is 0.481 e. The maximum Gasteiger partial charge on any atom is 0.326 e. The fourth-order valence-electron chi connectivity index (χ4n) is 15.7. The molecule has 0 bridgehead atoms. The van der Waals surface area contributed by atoms with E-state index in [1.54, 1.807) is 142 Å². The molecule has 45 heteroatoms. The number of rotatable bonds is 60. The summed E-state index contributed by atoms with van der Waals surface area (Å²) >= 11 is 0. The van der Waals surface area contributed by atoms with Crippen molar-refractivity contribution in [2.45, 2.75) is 253 Å². The molecule has 15 amide bonds. The molecule has 1 fully saturated rings. The number of carboxylic acid groups (broad SMARTS) is 2. The molecule has 4 aromatic carbocycles. The Bertz CT molecular complexity index is 5110. The van der Waals surface area contributed by atoms with Crippen molar-refractivity contribution in [3.8, 4) is 0 Å². The number of nitrogens with two attached hydrogens (primary N) is 5. The molecule has 3 heterocycles. The Morgan fingerprint density at radius 3 is 1.44 bits per heavy atom. The van der Waals surface area contributed by atoms with Crippen LogP contribution in [0, 0.1) is 17.2 Å². The summed E-state index contributed by atoms with van der Waals surface area (Å²) in [4.78, 5) is 253. The van der Waals surface area contributed by atoms with Gasteiger partial charge in [0.15, 0.2) is 5.96 Å². The van der Waals surface area contributed by atoms with E-state index < -0.39 is 235 Å². The first-order valence-corrected chi connectivity index (χ1v) is 46.5. The van der Waals surface area contributed by atoms with E-state index in [1.807, 2.05) is 0 Å². The van der Waals surface area contributed by atoms with Gasteiger partial charge < -0.3 is 138 Å². The number of imidazole rings is 1. The fourth-order valence-corrected chi connectivity index (χ4v) is 15.7. The molecule has 0 saturated carbocycles. The molecule has 1 saturated heterocycles. The zero-order valence-electron chi connectivity index (χ0n) is 78.6. The average molecular weight is 1940 g/mol. The molecule has 31 N–H and O–H groups in total. The number of carbonyl (C=O) groups is 17. The van der Waals surface area contributed by atoms with E-state index in [9.17, 15) is 97.1 Å². The van der Waals surface area contributed by atoms with Crippen LogP contribution in [0.25, 0.3) is 10.9 Å². The number of H-pyrrole nitrogens is 2. The van der Waals surface area contributed by atoms with E-state index in [1.165, 1.54) is 24.3 Å². The van der Waals surface area contributed by atoms with Crippen molar-refractivity contribution in [3.63, 3.8) is 0 Å². The number of para-hydroxylation sites is 1. The van der Waals surface area contributed by atoms with Gasteiger partial charge in [0.05, 0.1) is 37.9 Å². The van der Waals surface area contributed by atoms with E-state index in [0.717, 1.165) is 12.5 Å². The van der Waals surface area contributed by atoms with Crippen LogP contribution in [0.1, 0.15) is 152 Å². The third-order valence-electron chi connectivity index (χ3n) is 23.5. The minimum absolute atomic E-state index is 0.00547. The highest BCUT2D eigenvalue weighted by molar-refractivity contribution is 6.02. The predicted molar refractivity (Wildman–Crippen MR) is 509 cm³/mol. The maximum atomic E-state index is 15.1. The molecule has 1 aliphatic heterocycles. The quantitative estimate of drug-likeness (QED) is 0.00998. The van der Waals surface area contributed by atoms with E-state index >= 15 is 4.79 Å². The Morgan fingerprint density at radius 1 is 0.482 bits per heavy atom. The molecular formula is C94H134N24O21. The van der Waals surface area contributed by atoms with Crippen LogP contribution in [0.2, 0.25) is 0 Å². The molecule has 139 heavy (non-hydrogen) atoms. The summed E-state index contributed by atoms with van der Waals surface area (Å²) in [7, 11) is 0.